The molecule has 0 saturated heterocycles. The van der Waals surface area contributed by atoms with Crippen LogP contribution in [0.2, 0.25) is 0 Å². The first-order chi connectivity index (χ1) is 6.43. The summed E-state index contributed by atoms with van der Waals surface area (Å²) in [4.78, 5) is 0. The number of fused-ring (bicyclic) bond motifs is 1. The molecule has 1 unspecified atom stereocenters. The van der Waals surface area contributed by atoms with E-state index in [0.717, 1.165) is 6.42 Å². The summed E-state index contributed by atoms with van der Waals surface area (Å²) in [5.74, 6) is 1.84. The van der Waals surface area contributed by atoms with Gasteiger partial charge in [0.25, 0.3) is 0 Å². The molecule has 2 N–H and O–H groups in total. The van der Waals surface area contributed by atoms with Crippen molar-refractivity contribution in [1.29, 1.82) is 0 Å². The lowest BCUT2D eigenvalue weighted by Crippen LogP contribution is -2.36. The second-order valence-electron chi connectivity index (χ2n) is 5.83. The lowest BCUT2D eigenvalue weighted by atomic mass is 9.87. The van der Waals surface area contributed by atoms with Crippen molar-refractivity contribution in [2.75, 3.05) is 0 Å². The molecule has 2 saturated carbocycles. The van der Waals surface area contributed by atoms with Gasteiger partial charge in [-0.1, -0.05) is 27.7 Å². The maximum absolute atomic E-state index is 10.1. The first-order valence-corrected chi connectivity index (χ1v) is 5.79. The summed E-state index contributed by atoms with van der Waals surface area (Å²) in [7, 11) is 0. The highest BCUT2D eigenvalue weighted by molar-refractivity contribution is 5.20. The van der Waals surface area contributed by atoms with Crippen LogP contribution in [0.1, 0.15) is 34.1 Å². The molecular formula is C12H22O2. The fraction of sp³-hybridized carbons (Fsp3) is 1.00. The van der Waals surface area contributed by atoms with E-state index in [-0.39, 0.29) is 5.41 Å². The molecule has 0 amide bonds. The molecular weight excluding hydrogens is 176 g/mol. The lowest BCUT2D eigenvalue weighted by Gasteiger charge is -2.26. The fourth-order valence-corrected chi connectivity index (χ4v) is 3.79. The maximum atomic E-state index is 10.1. The lowest BCUT2D eigenvalue weighted by molar-refractivity contribution is -0.0375. The SMILES string of the molecule is CC(C)[C@H]1C(O)[C@@H](O)[C@]2(C(C)C)C[C@H]12. The van der Waals surface area contributed by atoms with E-state index >= 15 is 0 Å². The van der Waals surface area contributed by atoms with Crippen LogP contribution in [0.25, 0.3) is 0 Å². The van der Waals surface area contributed by atoms with Crippen LogP contribution < -0.4 is 0 Å². The van der Waals surface area contributed by atoms with Gasteiger partial charge in [-0.3, -0.25) is 0 Å². The average molecular weight is 198 g/mol. The Kier molecular flexibility index (Phi) is 2.20. The summed E-state index contributed by atoms with van der Waals surface area (Å²) in [6.07, 6.45) is 0.141. The molecule has 2 rings (SSSR count). The van der Waals surface area contributed by atoms with Crippen molar-refractivity contribution in [1.82, 2.24) is 0 Å². The number of hydrogen-bond acceptors (Lipinski definition) is 2. The van der Waals surface area contributed by atoms with Gasteiger partial charge in [0.2, 0.25) is 0 Å². The van der Waals surface area contributed by atoms with Crippen molar-refractivity contribution in [3.05, 3.63) is 0 Å². The number of aliphatic hydroxyl groups excluding tert-OH is 2. The zero-order chi connectivity index (χ0) is 10.7. The van der Waals surface area contributed by atoms with Crippen molar-refractivity contribution < 1.29 is 10.2 Å². The topological polar surface area (TPSA) is 40.5 Å². The van der Waals surface area contributed by atoms with Gasteiger partial charge in [-0.2, -0.15) is 0 Å². The third kappa shape index (κ3) is 1.04. The van der Waals surface area contributed by atoms with E-state index in [1.807, 2.05) is 0 Å². The molecule has 0 bridgehead atoms. The Labute approximate surface area is 86.3 Å². The quantitative estimate of drug-likeness (QED) is 0.708. The molecule has 2 aliphatic rings. The van der Waals surface area contributed by atoms with Gasteiger partial charge in [-0.15, -0.1) is 0 Å². The minimum atomic E-state index is -0.490. The second-order valence-corrected chi connectivity index (χ2v) is 5.83. The average Bonchev–Trinajstić information content (AvgIpc) is 2.74. The van der Waals surface area contributed by atoms with Gasteiger partial charge in [-0.25, -0.2) is 0 Å². The number of rotatable bonds is 2. The summed E-state index contributed by atoms with van der Waals surface area (Å²) in [5, 5.41) is 20.1. The van der Waals surface area contributed by atoms with Gasteiger partial charge in [-0.05, 0) is 30.1 Å². The van der Waals surface area contributed by atoms with Crippen molar-refractivity contribution >= 4 is 0 Å². The van der Waals surface area contributed by atoms with E-state index in [0.29, 0.717) is 23.7 Å². The second kappa shape index (κ2) is 2.96. The molecule has 0 heterocycles. The van der Waals surface area contributed by atoms with E-state index in [9.17, 15) is 10.2 Å². The molecule has 82 valence electrons. The molecule has 2 nitrogen and oxygen atoms in total. The summed E-state index contributed by atoms with van der Waals surface area (Å²) in [5.41, 5.74) is 0.0500. The van der Waals surface area contributed by atoms with Gasteiger partial charge >= 0.3 is 0 Å². The van der Waals surface area contributed by atoms with Crippen LogP contribution in [-0.4, -0.2) is 22.4 Å². The Morgan fingerprint density at radius 3 is 2.00 bits per heavy atom. The monoisotopic (exact) mass is 198 g/mol. The van der Waals surface area contributed by atoms with Crippen LogP contribution in [0, 0.1) is 29.1 Å². The zero-order valence-electron chi connectivity index (χ0n) is 9.57. The van der Waals surface area contributed by atoms with Crippen LogP contribution in [-0.2, 0) is 0 Å². The molecule has 2 aliphatic carbocycles. The van der Waals surface area contributed by atoms with Crippen LogP contribution >= 0.6 is 0 Å². The summed E-state index contributed by atoms with van der Waals surface area (Å²) >= 11 is 0. The van der Waals surface area contributed by atoms with Gasteiger partial charge < -0.3 is 10.2 Å². The summed E-state index contributed by atoms with van der Waals surface area (Å²) in [6, 6.07) is 0. The molecule has 0 radical (unpaired) electrons. The van der Waals surface area contributed by atoms with Crippen LogP contribution in [0.3, 0.4) is 0 Å². The van der Waals surface area contributed by atoms with E-state index in [2.05, 4.69) is 27.7 Å². The first kappa shape index (κ1) is 10.4. The minimum Gasteiger partial charge on any atom is -0.390 e. The highest BCUT2D eigenvalue weighted by Crippen LogP contribution is 2.70. The normalized spacial score (nSPS) is 51.4. The van der Waals surface area contributed by atoms with Crippen LogP contribution in [0.5, 0.6) is 0 Å². The smallest absolute Gasteiger partial charge is 0.0863 e. The van der Waals surface area contributed by atoms with E-state index in [4.69, 9.17) is 0 Å². The van der Waals surface area contributed by atoms with Crippen LogP contribution in [0.15, 0.2) is 0 Å². The van der Waals surface area contributed by atoms with E-state index < -0.39 is 12.2 Å². The Morgan fingerprint density at radius 1 is 1.14 bits per heavy atom. The third-order valence-electron chi connectivity index (χ3n) is 4.68. The largest absolute Gasteiger partial charge is 0.390 e. The third-order valence-corrected chi connectivity index (χ3v) is 4.68. The standard InChI is InChI=1S/C12H22O2/c1-6(2)9-8-5-12(8,7(3)4)11(14)10(9)13/h6-11,13-14H,5H2,1-4H3/t8-,9-,10?,11-,12+/m1/s1. The molecule has 0 aromatic carbocycles. The highest BCUT2D eigenvalue weighted by Gasteiger charge is 2.71. The summed E-state index contributed by atoms with van der Waals surface area (Å²) in [6.45, 7) is 8.63. The molecule has 0 spiro atoms. The van der Waals surface area contributed by atoms with Gasteiger partial charge in [0.05, 0.1) is 12.2 Å². The molecule has 14 heavy (non-hydrogen) atoms. The number of hydrogen-bond donors (Lipinski definition) is 2. The van der Waals surface area contributed by atoms with Crippen molar-refractivity contribution in [3.63, 3.8) is 0 Å². The molecule has 0 aromatic heterocycles. The number of aliphatic hydroxyl groups is 2. The van der Waals surface area contributed by atoms with Crippen molar-refractivity contribution in [2.24, 2.45) is 29.1 Å². The van der Waals surface area contributed by atoms with Gasteiger partial charge in [0.15, 0.2) is 0 Å². The Morgan fingerprint density at radius 2 is 1.71 bits per heavy atom. The molecule has 0 aliphatic heterocycles. The molecule has 2 heteroatoms. The van der Waals surface area contributed by atoms with E-state index in [1.165, 1.54) is 0 Å². The van der Waals surface area contributed by atoms with Gasteiger partial charge in [0, 0.05) is 5.41 Å². The zero-order valence-corrected chi connectivity index (χ0v) is 9.57. The summed E-state index contributed by atoms with van der Waals surface area (Å²) < 4.78 is 0. The minimum absolute atomic E-state index is 0.0500. The molecule has 0 aromatic rings. The molecule has 2 fully saturated rings. The van der Waals surface area contributed by atoms with Gasteiger partial charge in [0.1, 0.15) is 0 Å². The van der Waals surface area contributed by atoms with Crippen LogP contribution in [0.4, 0.5) is 0 Å². The Balaban J connectivity index is 2.23. The van der Waals surface area contributed by atoms with E-state index in [1.54, 1.807) is 0 Å². The predicted molar refractivity (Wildman–Crippen MR) is 55.7 cm³/mol. The predicted octanol–water partition coefficient (Wildman–Crippen LogP) is 1.66. The Bertz CT molecular complexity index is 236. The Hall–Kier alpha value is -0.0800. The maximum Gasteiger partial charge on any atom is 0.0863 e. The first-order valence-electron chi connectivity index (χ1n) is 5.79. The fourth-order valence-electron chi connectivity index (χ4n) is 3.79. The van der Waals surface area contributed by atoms with Crippen molar-refractivity contribution in [3.8, 4) is 0 Å². The van der Waals surface area contributed by atoms with Crippen molar-refractivity contribution in [2.45, 2.75) is 46.3 Å². The highest BCUT2D eigenvalue weighted by atomic mass is 16.3. The molecule has 5 atom stereocenters.